The van der Waals surface area contributed by atoms with Crippen molar-refractivity contribution in [2.24, 2.45) is 11.8 Å². The van der Waals surface area contributed by atoms with Crippen LogP contribution in [0.15, 0.2) is 48.9 Å². The number of anilines is 2. The number of fused-ring (bicyclic) bond motifs is 1. The summed E-state index contributed by atoms with van der Waals surface area (Å²) in [6.45, 7) is 4.98. The molecule has 2 aromatic heterocycles. The fourth-order valence-corrected chi connectivity index (χ4v) is 7.32. The maximum Gasteiger partial charge on any atom is 0.387 e. The lowest BCUT2D eigenvalue weighted by Crippen LogP contribution is -2.54. The molecule has 2 aliphatic heterocycles. The van der Waals surface area contributed by atoms with Gasteiger partial charge < -0.3 is 30.5 Å². The molecule has 0 spiro atoms. The molecule has 4 aromatic rings. The minimum absolute atomic E-state index is 0.0434. The molecule has 1 atom stereocenters. The van der Waals surface area contributed by atoms with E-state index >= 15 is 0 Å². The molecular formula is C37H45F4N8O3+. The van der Waals surface area contributed by atoms with Gasteiger partial charge in [0.2, 0.25) is 11.7 Å². The first kappa shape index (κ1) is 37.0. The zero-order valence-electron chi connectivity index (χ0n) is 29.4. The molecule has 4 heterocycles. The average Bonchev–Trinajstić information content (AvgIpc) is 3.80. The first-order valence-corrected chi connectivity index (χ1v) is 17.8. The van der Waals surface area contributed by atoms with Gasteiger partial charge in [0, 0.05) is 73.5 Å². The quantitative estimate of drug-likeness (QED) is 0.0793. The van der Waals surface area contributed by atoms with E-state index in [-0.39, 0.29) is 29.0 Å². The normalized spacial score (nSPS) is 20.3. The predicted octanol–water partition coefficient (Wildman–Crippen LogP) is 5.28. The molecule has 0 radical (unpaired) electrons. The van der Waals surface area contributed by atoms with Crippen LogP contribution in [0.25, 0.3) is 16.9 Å². The number of nitrogens with zero attached hydrogens (tertiary/aromatic N) is 4. The molecule has 15 heteroatoms. The number of piperidine rings is 1. The number of hydrogen-bond acceptors (Lipinski definition) is 7. The van der Waals surface area contributed by atoms with Gasteiger partial charge in [0.15, 0.2) is 23.0 Å². The second kappa shape index (κ2) is 16.3. The van der Waals surface area contributed by atoms with Crippen LogP contribution in [-0.2, 0) is 11.2 Å². The van der Waals surface area contributed by atoms with Gasteiger partial charge >= 0.3 is 6.61 Å². The van der Waals surface area contributed by atoms with Crippen molar-refractivity contribution in [1.82, 2.24) is 30.3 Å². The summed E-state index contributed by atoms with van der Waals surface area (Å²) in [5, 5.41) is 12.7. The third kappa shape index (κ3) is 8.47. The Morgan fingerprint density at radius 1 is 1.06 bits per heavy atom. The molecule has 0 saturated carbocycles. The van der Waals surface area contributed by atoms with Crippen molar-refractivity contribution in [2.45, 2.75) is 45.6 Å². The highest BCUT2D eigenvalue weighted by molar-refractivity contribution is 5.96. The van der Waals surface area contributed by atoms with Crippen LogP contribution < -0.4 is 26.0 Å². The number of aryl methyl sites for hydroxylation is 1. The van der Waals surface area contributed by atoms with E-state index in [1.807, 2.05) is 13.0 Å². The van der Waals surface area contributed by atoms with Gasteiger partial charge in [0.25, 0.3) is 5.91 Å². The Morgan fingerprint density at radius 3 is 2.58 bits per heavy atom. The molecule has 0 aliphatic carbocycles. The van der Waals surface area contributed by atoms with Crippen molar-refractivity contribution in [3.8, 4) is 17.0 Å². The van der Waals surface area contributed by atoms with Crippen molar-refractivity contribution in [3.63, 3.8) is 0 Å². The highest BCUT2D eigenvalue weighted by Gasteiger charge is 2.35. The number of hydrogen-bond donors (Lipinski definition) is 4. The number of quaternary nitrogens is 1. The maximum absolute atomic E-state index is 14.9. The van der Waals surface area contributed by atoms with Crippen LogP contribution in [0.2, 0.25) is 0 Å². The van der Waals surface area contributed by atoms with Crippen molar-refractivity contribution < 1.29 is 36.4 Å². The molecule has 278 valence electrons. The van der Waals surface area contributed by atoms with Crippen LogP contribution in [0.3, 0.4) is 0 Å². The number of halogens is 4. The smallest absolute Gasteiger partial charge is 0.387 e. The second-order valence-corrected chi connectivity index (χ2v) is 13.9. The standard InChI is InChI=1S/C37H44F4N8O3/c1-3-24-19-26(47-33-34-46-21-29(48(34)16-15-43-33)28-7-8-30(52-37(40)41)32(39)31(28)38)5-6-27(24)36(51)45-13-4-12-44-35(50)25-10-17-49(2,18-11-25)22-23-9-14-42-20-23/h5-8,15-16,19,21,23,25,37,42H,3-4,9-14,17-18,20,22H2,1-2H3,(H2-,43,44,45,47,50,51)/p+1. The number of alkyl halides is 2. The van der Waals surface area contributed by atoms with Crippen molar-refractivity contribution in [2.75, 3.05) is 58.2 Å². The van der Waals surface area contributed by atoms with Gasteiger partial charge in [-0.05, 0) is 61.7 Å². The zero-order chi connectivity index (χ0) is 36.8. The number of rotatable bonds is 14. The van der Waals surface area contributed by atoms with E-state index in [2.05, 4.69) is 43.0 Å². The van der Waals surface area contributed by atoms with Crippen LogP contribution >= 0.6 is 0 Å². The van der Waals surface area contributed by atoms with Crippen LogP contribution in [0.4, 0.5) is 29.1 Å². The van der Waals surface area contributed by atoms with Gasteiger partial charge in [0.1, 0.15) is 0 Å². The summed E-state index contributed by atoms with van der Waals surface area (Å²) in [5.74, 6) is -2.81. The lowest BCUT2D eigenvalue weighted by molar-refractivity contribution is -0.917. The number of carbonyl (C=O) groups excluding carboxylic acids is 2. The molecule has 6 rings (SSSR count). The number of likely N-dealkylation sites (tertiary alicyclic amines) is 1. The summed E-state index contributed by atoms with van der Waals surface area (Å²) in [7, 11) is 2.32. The minimum atomic E-state index is -3.30. The molecule has 1 unspecified atom stereocenters. The third-order valence-electron chi connectivity index (χ3n) is 10.2. The van der Waals surface area contributed by atoms with Gasteiger partial charge in [-0.3, -0.25) is 14.0 Å². The van der Waals surface area contributed by atoms with Crippen molar-refractivity contribution >= 4 is 29.0 Å². The Hall–Kier alpha value is -4.76. The Kier molecular flexibility index (Phi) is 11.6. The van der Waals surface area contributed by atoms with Gasteiger partial charge in [-0.15, -0.1) is 0 Å². The average molecular weight is 726 g/mol. The Balaban J connectivity index is 1.01. The lowest BCUT2D eigenvalue weighted by atomic mass is 9.93. The van der Waals surface area contributed by atoms with E-state index in [4.69, 9.17) is 0 Å². The van der Waals surface area contributed by atoms with E-state index in [9.17, 15) is 27.2 Å². The second-order valence-electron chi connectivity index (χ2n) is 13.9. The molecule has 2 aromatic carbocycles. The summed E-state index contributed by atoms with van der Waals surface area (Å²) < 4.78 is 61.1. The van der Waals surface area contributed by atoms with Crippen LogP contribution in [0.1, 0.15) is 48.5 Å². The largest absolute Gasteiger partial charge is 0.432 e. The number of ether oxygens (including phenoxy) is 1. The molecular weight excluding hydrogens is 680 g/mol. The Bertz CT molecular complexity index is 1890. The fourth-order valence-electron chi connectivity index (χ4n) is 7.32. The topological polar surface area (TPSA) is 122 Å². The lowest BCUT2D eigenvalue weighted by Gasteiger charge is -2.41. The zero-order valence-corrected chi connectivity index (χ0v) is 29.4. The summed E-state index contributed by atoms with van der Waals surface area (Å²) in [4.78, 5) is 34.6. The number of benzene rings is 2. The molecule has 2 fully saturated rings. The molecule has 4 N–H and O–H groups in total. The van der Waals surface area contributed by atoms with E-state index in [0.717, 1.165) is 67.1 Å². The number of amides is 2. The number of carbonyl (C=O) groups is 2. The summed E-state index contributed by atoms with van der Waals surface area (Å²) in [5.41, 5.74) is 2.22. The fraction of sp³-hybridized carbons (Fsp3) is 0.459. The first-order chi connectivity index (χ1) is 25.0. The van der Waals surface area contributed by atoms with Gasteiger partial charge in [-0.25, -0.2) is 14.4 Å². The number of aromatic nitrogens is 3. The van der Waals surface area contributed by atoms with Crippen LogP contribution in [0.5, 0.6) is 5.75 Å². The molecule has 0 bridgehead atoms. The number of nitrogens with one attached hydrogen (secondary N) is 4. The summed E-state index contributed by atoms with van der Waals surface area (Å²) in [6.07, 6.45) is 8.52. The highest BCUT2D eigenvalue weighted by atomic mass is 19.3. The summed E-state index contributed by atoms with van der Waals surface area (Å²) in [6, 6.07) is 7.36. The maximum atomic E-state index is 14.9. The molecule has 2 aliphatic rings. The first-order valence-electron chi connectivity index (χ1n) is 17.8. The van der Waals surface area contributed by atoms with E-state index in [0.29, 0.717) is 48.6 Å². The predicted molar refractivity (Wildman–Crippen MR) is 189 cm³/mol. The Morgan fingerprint density at radius 2 is 1.85 bits per heavy atom. The molecule has 2 amide bonds. The van der Waals surface area contributed by atoms with Crippen LogP contribution in [0, 0.1) is 23.5 Å². The molecule has 2 saturated heterocycles. The van der Waals surface area contributed by atoms with Gasteiger partial charge in [0.05, 0.1) is 38.6 Å². The van der Waals surface area contributed by atoms with Crippen LogP contribution in [-0.4, -0.2) is 90.1 Å². The third-order valence-corrected chi connectivity index (χ3v) is 10.2. The minimum Gasteiger partial charge on any atom is -0.432 e. The number of imidazole rings is 1. The monoisotopic (exact) mass is 725 g/mol. The van der Waals surface area contributed by atoms with Crippen molar-refractivity contribution in [3.05, 3.63) is 71.7 Å². The Labute approximate surface area is 299 Å². The molecule has 52 heavy (non-hydrogen) atoms. The van der Waals surface area contributed by atoms with Gasteiger partial charge in [-0.1, -0.05) is 6.92 Å². The SMILES string of the molecule is CCc1cc(Nc2nccn3c(-c4ccc(OC(F)F)c(F)c4F)cnc23)ccc1C(=O)NCCCNC(=O)C1CC[N+](C)(CC2CCNC2)CC1. The van der Waals surface area contributed by atoms with Gasteiger partial charge in [-0.2, -0.15) is 13.2 Å². The summed E-state index contributed by atoms with van der Waals surface area (Å²) >= 11 is 0. The highest BCUT2D eigenvalue weighted by Crippen LogP contribution is 2.32. The molecule has 11 nitrogen and oxygen atoms in total. The van der Waals surface area contributed by atoms with E-state index in [1.165, 1.54) is 36.0 Å². The van der Waals surface area contributed by atoms with E-state index in [1.54, 1.807) is 12.1 Å². The van der Waals surface area contributed by atoms with Crippen molar-refractivity contribution in [1.29, 1.82) is 0 Å². The van der Waals surface area contributed by atoms with E-state index < -0.39 is 24.0 Å².